The van der Waals surface area contributed by atoms with Crippen LogP contribution in [-0.2, 0) is 4.79 Å². The number of nitrogens with one attached hydrogen (secondary N) is 2. The first-order chi connectivity index (χ1) is 13.3. The Hall–Kier alpha value is -2.63. The summed E-state index contributed by atoms with van der Waals surface area (Å²) in [5.74, 6) is -0.572. The molecule has 0 aliphatic carbocycles. The van der Waals surface area contributed by atoms with E-state index in [1.807, 2.05) is 38.1 Å². The van der Waals surface area contributed by atoms with E-state index >= 15 is 0 Å². The maximum absolute atomic E-state index is 12.7. The molecule has 0 spiro atoms. The molecule has 0 saturated carbocycles. The van der Waals surface area contributed by atoms with Crippen molar-refractivity contribution in [3.05, 3.63) is 69.8 Å². The van der Waals surface area contributed by atoms with Crippen LogP contribution in [0.5, 0.6) is 0 Å². The summed E-state index contributed by atoms with van der Waals surface area (Å²) in [6.07, 6.45) is 0. The molecule has 0 bridgehead atoms. The normalized spacial score (nSPS) is 10.9. The highest BCUT2D eigenvalue weighted by molar-refractivity contribution is 6.35. The molecule has 2 amide bonds. The molecule has 0 aliphatic heterocycles. The quantitative estimate of drug-likeness (QED) is 0.613. The fourth-order valence-electron chi connectivity index (χ4n) is 2.72. The number of para-hydroxylation sites is 1. The standard InChI is InChI=1S/C21H19Cl2N3O2/c1-12(2)18-10-15(14-5-3-4-6-17(14)25-18)21(28)24-11-20(27)26-19-9-13(22)7-8-16(19)23/h3-10,12H,11H2,1-2H3,(H,24,28)(H,26,27). The van der Waals surface area contributed by atoms with Gasteiger partial charge in [-0.25, -0.2) is 0 Å². The summed E-state index contributed by atoms with van der Waals surface area (Å²) in [4.78, 5) is 29.6. The zero-order valence-corrected chi connectivity index (χ0v) is 16.9. The van der Waals surface area contributed by atoms with Crippen LogP contribution in [0.3, 0.4) is 0 Å². The minimum absolute atomic E-state index is 0.171. The van der Waals surface area contributed by atoms with Crippen molar-refractivity contribution < 1.29 is 9.59 Å². The van der Waals surface area contributed by atoms with Crippen LogP contribution in [0.25, 0.3) is 10.9 Å². The SMILES string of the molecule is CC(C)c1cc(C(=O)NCC(=O)Nc2cc(Cl)ccc2Cl)c2ccccc2n1. The molecule has 2 aromatic carbocycles. The lowest BCUT2D eigenvalue weighted by molar-refractivity contribution is -0.115. The van der Waals surface area contributed by atoms with Crippen molar-refractivity contribution in [3.63, 3.8) is 0 Å². The van der Waals surface area contributed by atoms with Crippen molar-refractivity contribution in [2.45, 2.75) is 19.8 Å². The van der Waals surface area contributed by atoms with Gasteiger partial charge in [-0.15, -0.1) is 0 Å². The highest BCUT2D eigenvalue weighted by Gasteiger charge is 2.15. The van der Waals surface area contributed by atoms with Crippen LogP contribution < -0.4 is 10.6 Å². The van der Waals surface area contributed by atoms with Gasteiger partial charge < -0.3 is 10.6 Å². The van der Waals surface area contributed by atoms with Crippen LogP contribution >= 0.6 is 23.2 Å². The molecule has 0 unspecified atom stereocenters. The van der Waals surface area contributed by atoms with Crippen LogP contribution in [0.15, 0.2) is 48.5 Å². The van der Waals surface area contributed by atoms with Crippen LogP contribution in [0.1, 0.15) is 35.8 Å². The molecule has 144 valence electrons. The van der Waals surface area contributed by atoms with Gasteiger partial charge in [-0.3, -0.25) is 14.6 Å². The molecule has 3 rings (SSSR count). The third-order valence-electron chi connectivity index (χ3n) is 4.18. The first-order valence-electron chi connectivity index (χ1n) is 8.78. The van der Waals surface area contributed by atoms with Crippen LogP contribution in [-0.4, -0.2) is 23.3 Å². The van der Waals surface area contributed by atoms with Gasteiger partial charge in [0.05, 0.1) is 28.3 Å². The van der Waals surface area contributed by atoms with E-state index in [4.69, 9.17) is 23.2 Å². The fourth-order valence-corrected chi connectivity index (χ4v) is 3.06. The number of benzene rings is 2. The Morgan fingerprint density at radius 2 is 1.82 bits per heavy atom. The minimum atomic E-state index is -0.403. The number of amides is 2. The summed E-state index contributed by atoms with van der Waals surface area (Å²) < 4.78 is 0. The zero-order chi connectivity index (χ0) is 20.3. The number of hydrogen-bond donors (Lipinski definition) is 2. The number of hydrogen-bond acceptors (Lipinski definition) is 3. The lowest BCUT2D eigenvalue weighted by atomic mass is 10.0. The molecule has 0 fully saturated rings. The number of rotatable bonds is 5. The highest BCUT2D eigenvalue weighted by Crippen LogP contribution is 2.25. The van der Waals surface area contributed by atoms with Gasteiger partial charge in [0.2, 0.25) is 5.91 Å². The molecule has 28 heavy (non-hydrogen) atoms. The lowest BCUT2D eigenvalue weighted by Gasteiger charge is -2.12. The maximum atomic E-state index is 12.7. The van der Waals surface area contributed by atoms with E-state index in [0.29, 0.717) is 21.3 Å². The summed E-state index contributed by atoms with van der Waals surface area (Å²) in [7, 11) is 0. The third kappa shape index (κ3) is 4.61. The first kappa shape index (κ1) is 20.1. The van der Waals surface area contributed by atoms with Crippen molar-refractivity contribution in [2.75, 3.05) is 11.9 Å². The molecule has 1 aromatic heterocycles. The molecule has 0 saturated heterocycles. The van der Waals surface area contributed by atoms with Crippen molar-refractivity contribution in [1.29, 1.82) is 0 Å². The van der Waals surface area contributed by atoms with E-state index in [1.165, 1.54) is 0 Å². The monoisotopic (exact) mass is 415 g/mol. The summed E-state index contributed by atoms with van der Waals surface area (Å²) in [6.45, 7) is 3.83. The van der Waals surface area contributed by atoms with Gasteiger partial charge in [-0.05, 0) is 36.2 Å². The predicted molar refractivity (Wildman–Crippen MR) is 113 cm³/mol. The first-order valence-corrected chi connectivity index (χ1v) is 9.53. The van der Waals surface area contributed by atoms with Crippen LogP contribution in [0.4, 0.5) is 5.69 Å². The van der Waals surface area contributed by atoms with Gasteiger partial charge in [0.25, 0.3) is 5.91 Å². The molecule has 7 heteroatoms. The molecule has 0 aliphatic rings. The zero-order valence-electron chi connectivity index (χ0n) is 15.4. The molecular formula is C21H19Cl2N3O2. The average Bonchev–Trinajstić information content (AvgIpc) is 2.68. The molecule has 2 N–H and O–H groups in total. The number of anilines is 1. The second-order valence-electron chi connectivity index (χ2n) is 6.62. The molecular weight excluding hydrogens is 397 g/mol. The number of pyridine rings is 1. The van der Waals surface area contributed by atoms with Crippen molar-refractivity contribution in [3.8, 4) is 0 Å². The number of fused-ring (bicyclic) bond motifs is 1. The van der Waals surface area contributed by atoms with Gasteiger partial charge in [-0.1, -0.05) is 55.2 Å². The summed E-state index contributed by atoms with van der Waals surface area (Å²) in [5, 5.41) is 6.86. The van der Waals surface area contributed by atoms with E-state index < -0.39 is 5.91 Å². The molecule has 1 heterocycles. The number of aromatic nitrogens is 1. The molecule has 5 nitrogen and oxygen atoms in total. The largest absolute Gasteiger partial charge is 0.343 e. The lowest BCUT2D eigenvalue weighted by Crippen LogP contribution is -2.33. The van der Waals surface area contributed by atoms with E-state index in [9.17, 15) is 9.59 Å². The summed E-state index contributed by atoms with van der Waals surface area (Å²) in [6, 6.07) is 14.0. The summed E-state index contributed by atoms with van der Waals surface area (Å²) >= 11 is 12.0. The second-order valence-corrected chi connectivity index (χ2v) is 7.47. The topological polar surface area (TPSA) is 71.1 Å². The Balaban J connectivity index is 1.76. The van der Waals surface area contributed by atoms with Crippen molar-refractivity contribution >= 4 is 51.6 Å². The Labute approximate surface area is 173 Å². The highest BCUT2D eigenvalue weighted by atomic mass is 35.5. The van der Waals surface area contributed by atoms with Crippen LogP contribution in [0, 0.1) is 0 Å². The molecule has 0 radical (unpaired) electrons. The number of carbonyl (C=O) groups excluding carboxylic acids is 2. The Kier molecular flexibility index (Phi) is 6.17. The summed E-state index contributed by atoms with van der Waals surface area (Å²) in [5.41, 5.74) is 2.45. The van der Waals surface area contributed by atoms with E-state index in [-0.39, 0.29) is 18.4 Å². The van der Waals surface area contributed by atoms with Gasteiger partial charge >= 0.3 is 0 Å². The maximum Gasteiger partial charge on any atom is 0.252 e. The Morgan fingerprint density at radius 1 is 1.07 bits per heavy atom. The Bertz CT molecular complexity index is 1050. The van der Waals surface area contributed by atoms with E-state index in [0.717, 1.165) is 16.6 Å². The van der Waals surface area contributed by atoms with Gasteiger partial charge in [0, 0.05) is 16.1 Å². The van der Waals surface area contributed by atoms with Gasteiger partial charge in [-0.2, -0.15) is 0 Å². The van der Waals surface area contributed by atoms with E-state index in [1.54, 1.807) is 24.3 Å². The van der Waals surface area contributed by atoms with Crippen molar-refractivity contribution in [1.82, 2.24) is 10.3 Å². The smallest absolute Gasteiger partial charge is 0.252 e. The van der Waals surface area contributed by atoms with Crippen molar-refractivity contribution in [2.24, 2.45) is 0 Å². The molecule has 3 aromatic rings. The minimum Gasteiger partial charge on any atom is -0.343 e. The predicted octanol–water partition coefficient (Wildman–Crippen LogP) is 5.03. The Morgan fingerprint density at radius 3 is 2.57 bits per heavy atom. The third-order valence-corrected chi connectivity index (χ3v) is 4.75. The fraction of sp³-hybridized carbons (Fsp3) is 0.190. The van der Waals surface area contributed by atoms with Gasteiger partial charge in [0.1, 0.15) is 0 Å². The average molecular weight is 416 g/mol. The molecule has 0 atom stereocenters. The number of halogens is 2. The second kappa shape index (κ2) is 8.59. The number of carbonyl (C=O) groups is 2. The van der Waals surface area contributed by atoms with E-state index in [2.05, 4.69) is 15.6 Å². The van der Waals surface area contributed by atoms with Crippen LogP contribution in [0.2, 0.25) is 10.0 Å². The van der Waals surface area contributed by atoms with Gasteiger partial charge in [0.15, 0.2) is 0 Å². The number of nitrogens with zero attached hydrogens (tertiary/aromatic N) is 1.